The number of fused-ring (bicyclic) bond motifs is 7. The molecule has 1 nitrogen and oxygen atoms in total. The lowest BCUT2D eigenvalue weighted by atomic mass is 9.93. The lowest BCUT2D eigenvalue weighted by Crippen LogP contribution is -2.32. The summed E-state index contributed by atoms with van der Waals surface area (Å²) in [6.45, 7) is 8.91. The van der Waals surface area contributed by atoms with Crippen molar-refractivity contribution in [2.24, 2.45) is 7.05 Å². The maximum atomic E-state index is 2.39. The molecule has 2 aliphatic rings. The van der Waals surface area contributed by atoms with Crippen LogP contribution in [-0.2, 0) is 19.9 Å². The van der Waals surface area contributed by atoms with Gasteiger partial charge in [0.1, 0.15) is 7.05 Å². The van der Waals surface area contributed by atoms with Gasteiger partial charge in [0.15, 0.2) is 6.20 Å². The van der Waals surface area contributed by atoms with Gasteiger partial charge in [0.05, 0.1) is 0 Å². The Morgan fingerprint density at radius 1 is 0.645 bits per heavy atom. The SMILES string of the molecule is Cc1ccc2c(c1)-c1c(ccc3c1Cc1c-3cc[n+](C)c1-c1cc(C)cc(C)c1C)C2. The number of rotatable bonds is 1. The van der Waals surface area contributed by atoms with Crippen molar-refractivity contribution in [1.82, 2.24) is 0 Å². The first-order valence-corrected chi connectivity index (χ1v) is 11.3. The fourth-order valence-corrected chi connectivity index (χ4v) is 5.85. The molecular formula is C30H28N+. The third-order valence-corrected chi connectivity index (χ3v) is 7.45. The first-order valence-electron chi connectivity index (χ1n) is 11.3. The molecule has 4 aromatic rings. The summed E-state index contributed by atoms with van der Waals surface area (Å²) in [6.07, 6.45) is 4.31. The highest BCUT2D eigenvalue weighted by Crippen LogP contribution is 2.49. The molecule has 0 amide bonds. The normalized spacial score (nSPS) is 13.1. The Balaban J connectivity index is 1.60. The molecule has 0 N–H and O–H groups in total. The van der Waals surface area contributed by atoms with E-state index in [9.17, 15) is 0 Å². The van der Waals surface area contributed by atoms with Crippen LogP contribution >= 0.6 is 0 Å². The topological polar surface area (TPSA) is 3.88 Å². The van der Waals surface area contributed by atoms with Crippen LogP contribution in [0.3, 0.4) is 0 Å². The number of aryl methyl sites for hydroxylation is 4. The van der Waals surface area contributed by atoms with Gasteiger partial charge in [-0.3, -0.25) is 0 Å². The highest BCUT2D eigenvalue weighted by molar-refractivity contribution is 5.91. The summed E-state index contributed by atoms with van der Waals surface area (Å²) < 4.78 is 2.32. The van der Waals surface area contributed by atoms with Gasteiger partial charge in [0.2, 0.25) is 5.69 Å². The fourth-order valence-electron chi connectivity index (χ4n) is 5.85. The molecule has 0 saturated carbocycles. The molecule has 31 heavy (non-hydrogen) atoms. The van der Waals surface area contributed by atoms with Crippen LogP contribution < -0.4 is 4.57 Å². The highest BCUT2D eigenvalue weighted by atomic mass is 14.9. The zero-order chi connectivity index (χ0) is 21.4. The molecule has 0 fully saturated rings. The van der Waals surface area contributed by atoms with Gasteiger partial charge >= 0.3 is 0 Å². The van der Waals surface area contributed by atoms with Crippen molar-refractivity contribution in [3.05, 3.63) is 99.2 Å². The Morgan fingerprint density at radius 3 is 2.23 bits per heavy atom. The summed E-state index contributed by atoms with van der Waals surface area (Å²) in [4.78, 5) is 0. The van der Waals surface area contributed by atoms with Gasteiger partial charge in [-0.2, -0.15) is 0 Å². The molecule has 2 aliphatic carbocycles. The summed E-state index contributed by atoms with van der Waals surface area (Å²) in [5, 5.41) is 0. The molecule has 0 unspecified atom stereocenters. The van der Waals surface area contributed by atoms with E-state index in [1.54, 1.807) is 0 Å². The maximum Gasteiger partial charge on any atom is 0.216 e. The molecule has 0 saturated heterocycles. The van der Waals surface area contributed by atoms with Crippen LogP contribution in [0.1, 0.15) is 44.5 Å². The van der Waals surface area contributed by atoms with E-state index in [-0.39, 0.29) is 0 Å². The van der Waals surface area contributed by atoms with E-state index in [1.807, 2.05) is 0 Å². The number of pyridine rings is 1. The van der Waals surface area contributed by atoms with E-state index in [4.69, 9.17) is 0 Å². The largest absolute Gasteiger partial charge is 0.216 e. The lowest BCUT2D eigenvalue weighted by Gasteiger charge is -2.12. The second-order valence-electron chi connectivity index (χ2n) is 9.56. The average molecular weight is 403 g/mol. The third-order valence-electron chi connectivity index (χ3n) is 7.45. The highest BCUT2D eigenvalue weighted by Gasteiger charge is 2.33. The van der Waals surface area contributed by atoms with Crippen LogP contribution in [-0.4, -0.2) is 0 Å². The Kier molecular flexibility index (Phi) is 3.84. The monoisotopic (exact) mass is 402 g/mol. The molecule has 3 aromatic carbocycles. The molecule has 0 atom stereocenters. The summed E-state index contributed by atoms with van der Waals surface area (Å²) in [5.41, 5.74) is 19.9. The van der Waals surface area contributed by atoms with Crippen molar-refractivity contribution in [3.63, 3.8) is 0 Å². The van der Waals surface area contributed by atoms with Crippen LogP contribution in [0.25, 0.3) is 33.5 Å². The van der Waals surface area contributed by atoms with Crippen LogP contribution in [0.4, 0.5) is 0 Å². The maximum absolute atomic E-state index is 2.39. The first kappa shape index (κ1) is 18.6. The fraction of sp³-hybridized carbons (Fsp3) is 0.233. The van der Waals surface area contributed by atoms with Crippen molar-refractivity contribution in [1.29, 1.82) is 0 Å². The van der Waals surface area contributed by atoms with E-state index < -0.39 is 0 Å². The van der Waals surface area contributed by atoms with Crippen LogP contribution in [0, 0.1) is 27.7 Å². The number of aromatic nitrogens is 1. The van der Waals surface area contributed by atoms with Gasteiger partial charge in [-0.1, -0.05) is 47.5 Å². The molecular weight excluding hydrogens is 374 g/mol. The van der Waals surface area contributed by atoms with Crippen molar-refractivity contribution in [2.75, 3.05) is 0 Å². The Hall–Kier alpha value is -3.19. The second-order valence-corrected chi connectivity index (χ2v) is 9.56. The van der Waals surface area contributed by atoms with E-state index in [0.717, 1.165) is 12.8 Å². The zero-order valence-corrected chi connectivity index (χ0v) is 19.1. The second kappa shape index (κ2) is 6.40. The predicted octanol–water partition coefficient (Wildman–Crippen LogP) is 6.55. The standard InChI is InChI=1S/C30H28N/c1-17-6-7-21-15-22-8-9-23-24-10-11-31(5)30(25-14-18(2)12-19(3)20(25)4)28(24)16-27(23)29(22)26(21)13-17/h6-14H,15-16H2,1-5H3/q+1. The van der Waals surface area contributed by atoms with E-state index in [0.29, 0.717) is 0 Å². The molecule has 1 heteroatoms. The molecule has 1 aromatic heterocycles. The van der Waals surface area contributed by atoms with Gasteiger partial charge in [0, 0.05) is 23.6 Å². The average Bonchev–Trinajstić information content (AvgIpc) is 3.28. The summed E-state index contributed by atoms with van der Waals surface area (Å²) in [5.74, 6) is 0. The van der Waals surface area contributed by atoms with Gasteiger partial charge in [-0.05, 0) is 90.3 Å². The minimum atomic E-state index is 1.01. The van der Waals surface area contributed by atoms with E-state index >= 15 is 0 Å². The molecule has 0 bridgehead atoms. The van der Waals surface area contributed by atoms with Crippen molar-refractivity contribution in [3.8, 4) is 33.5 Å². The zero-order valence-electron chi connectivity index (χ0n) is 19.1. The Bertz CT molecular complexity index is 1420. The molecule has 1 heterocycles. The van der Waals surface area contributed by atoms with Gasteiger partial charge < -0.3 is 0 Å². The predicted molar refractivity (Wildman–Crippen MR) is 128 cm³/mol. The molecule has 6 rings (SSSR count). The number of nitrogens with zero attached hydrogens (tertiary/aromatic N) is 1. The first-order chi connectivity index (χ1) is 14.9. The number of hydrogen-bond donors (Lipinski definition) is 0. The van der Waals surface area contributed by atoms with Crippen LogP contribution in [0.5, 0.6) is 0 Å². The van der Waals surface area contributed by atoms with Crippen molar-refractivity contribution in [2.45, 2.75) is 40.5 Å². The third kappa shape index (κ3) is 2.59. The van der Waals surface area contributed by atoms with Gasteiger partial charge in [-0.25, -0.2) is 4.57 Å². The summed E-state index contributed by atoms with van der Waals surface area (Å²) >= 11 is 0. The lowest BCUT2D eigenvalue weighted by molar-refractivity contribution is -0.660. The smallest absolute Gasteiger partial charge is 0.201 e. The van der Waals surface area contributed by atoms with Crippen molar-refractivity contribution >= 4 is 0 Å². The van der Waals surface area contributed by atoms with E-state index in [2.05, 4.69) is 94.0 Å². The molecule has 0 radical (unpaired) electrons. The quantitative estimate of drug-likeness (QED) is 0.274. The Morgan fingerprint density at radius 2 is 1.39 bits per heavy atom. The summed E-state index contributed by atoms with van der Waals surface area (Å²) in [6, 6.07) is 18.7. The Labute approximate surface area is 185 Å². The van der Waals surface area contributed by atoms with Crippen LogP contribution in [0.2, 0.25) is 0 Å². The summed E-state index contributed by atoms with van der Waals surface area (Å²) in [7, 11) is 2.19. The number of hydrogen-bond acceptors (Lipinski definition) is 0. The van der Waals surface area contributed by atoms with E-state index in [1.165, 1.54) is 78.0 Å². The minimum absolute atomic E-state index is 1.01. The number of benzene rings is 3. The molecule has 0 aliphatic heterocycles. The van der Waals surface area contributed by atoms with Crippen LogP contribution in [0.15, 0.2) is 54.7 Å². The van der Waals surface area contributed by atoms with Crippen molar-refractivity contribution < 1.29 is 4.57 Å². The molecule has 152 valence electrons. The molecule has 0 spiro atoms. The van der Waals surface area contributed by atoms with Gasteiger partial charge in [-0.15, -0.1) is 0 Å². The minimum Gasteiger partial charge on any atom is -0.201 e. The van der Waals surface area contributed by atoms with Gasteiger partial charge in [0.25, 0.3) is 0 Å².